The molecule has 0 unspecified atom stereocenters. The van der Waals surface area contributed by atoms with E-state index in [9.17, 15) is 9.90 Å². The van der Waals surface area contributed by atoms with Crippen LogP contribution in [0.15, 0.2) is 58.6 Å². The Morgan fingerprint density at radius 2 is 2.17 bits per heavy atom. The second kappa shape index (κ2) is 6.66. The lowest BCUT2D eigenvalue weighted by Gasteiger charge is -2.11. The number of aromatic hydroxyl groups is 1. The third kappa shape index (κ3) is 3.43. The summed E-state index contributed by atoms with van der Waals surface area (Å²) in [5.41, 5.74) is 0.774. The molecule has 2 aromatic rings. The monoisotopic (exact) mass is 325 g/mol. The van der Waals surface area contributed by atoms with Crippen molar-refractivity contribution in [3.05, 3.63) is 59.1 Å². The zero-order valence-electron chi connectivity index (χ0n) is 12.5. The molecule has 6 heteroatoms. The summed E-state index contributed by atoms with van der Waals surface area (Å²) in [5.74, 6) is 0.653. The van der Waals surface area contributed by atoms with Crippen molar-refractivity contribution in [1.82, 2.24) is 9.88 Å². The fraction of sp³-hybridized carbons (Fsp3) is 0.118. The summed E-state index contributed by atoms with van der Waals surface area (Å²) < 4.78 is 0. The molecule has 116 valence electrons. The standard InChI is InChI=1S/C17H15N3O2S/c1-2-20-16(22)14(11-12-6-5-7-13(21)10-12)23-17(20)19-15-8-3-4-9-18-15/h3-11,21H,2H2,1H3/b14-11-,19-17+. The first-order chi connectivity index (χ1) is 11.2. The number of phenols is 1. The van der Waals surface area contributed by atoms with Crippen LogP contribution in [-0.4, -0.2) is 32.6 Å². The van der Waals surface area contributed by atoms with E-state index in [1.165, 1.54) is 11.8 Å². The minimum absolute atomic E-state index is 0.0875. The molecule has 1 amide bonds. The van der Waals surface area contributed by atoms with Crippen LogP contribution in [0.25, 0.3) is 6.08 Å². The van der Waals surface area contributed by atoms with Gasteiger partial charge in [0.2, 0.25) is 0 Å². The molecule has 0 spiro atoms. The van der Waals surface area contributed by atoms with E-state index in [0.717, 1.165) is 5.56 Å². The van der Waals surface area contributed by atoms with Crippen molar-refractivity contribution in [1.29, 1.82) is 0 Å². The van der Waals surface area contributed by atoms with E-state index in [0.29, 0.717) is 22.4 Å². The number of nitrogens with zero attached hydrogens (tertiary/aromatic N) is 3. The maximum atomic E-state index is 12.5. The van der Waals surface area contributed by atoms with Gasteiger partial charge in [0.1, 0.15) is 5.75 Å². The molecule has 0 atom stereocenters. The lowest BCUT2D eigenvalue weighted by atomic mass is 10.2. The topological polar surface area (TPSA) is 65.8 Å². The molecule has 1 saturated heterocycles. The summed E-state index contributed by atoms with van der Waals surface area (Å²) in [6.45, 7) is 2.44. The molecule has 0 aliphatic carbocycles. The largest absolute Gasteiger partial charge is 0.508 e. The van der Waals surface area contributed by atoms with Gasteiger partial charge < -0.3 is 5.11 Å². The van der Waals surface area contributed by atoms with Crippen molar-refractivity contribution >= 4 is 34.7 Å². The Bertz CT molecular complexity index is 787. The van der Waals surface area contributed by atoms with Crippen LogP contribution in [0.1, 0.15) is 12.5 Å². The highest BCUT2D eigenvalue weighted by Gasteiger charge is 2.32. The van der Waals surface area contributed by atoms with Crippen molar-refractivity contribution in [3.8, 4) is 5.75 Å². The Kier molecular flexibility index (Phi) is 4.43. The molecule has 2 heterocycles. The van der Waals surface area contributed by atoms with Crippen molar-refractivity contribution in [2.45, 2.75) is 6.92 Å². The number of aromatic nitrogens is 1. The fourth-order valence-electron chi connectivity index (χ4n) is 2.15. The molecule has 0 radical (unpaired) electrons. The first-order valence-electron chi connectivity index (χ1n) is 7.17. The molecule has 1 aromatic heterocycles. The van der Waals surface area contributed by atoms with E-state index < -0.39 is 0 Å². The number of hydrogen-bond acceptors (Lipinski definition) is 5. The van der Waals surface area contributed by atoms with Gasteiger partial charge >= 0.3 is 0 Å². The molecule has 1 aliphatic rings. The smallest absolute Gasteiger partial charge is 0.266 e. The maximum absolute atomic E-state index is 12.5. The van der Waals surface area contributed by atoms with Crippen LogP contribution >= 0.6 is 11.8 Å². The van der Waals surface area contributed by atoms with E-state index in [1.54, 1.807) is 41.4 Å². The number of carbonyl (C=O) groups is 1. The SMILES string of the molecule is CCN1C(=O)/C(=C/c2cccc(O)c2)S/C1=N/c1ccccn1. The number of likely N-dealkylation sites (N-methyl/N-ethyl adjacent to an activating group) is 1. The summed E-state index contributed by atoms with van der Waals surface area (Å²) in [6.07, 6.45) is 3.43. The number of phenolic OH excluding ortho intramolecular Hbond substituents is 1. The van der Waals surface area contributed by atoms with Crippen molar-refractivity contribution in [3.63, 3.8) is 0 Å². The zero-order valence-corrected chi connectivity index (χ0v) is 13.3. The molecule has 5 nitrogen and oxygen atoms in total. The van der Waals surface area contributed by atoms with E-state index in [2.05, 4.69) is 9.98 Å². The quantitative estimate of drug-likeness (QED) is 0.878. The molecule has 0 saturated carbocycles. The number of benzene rings is 1. The second-order valence-electron chi connectivity index (χ2n) is 4.84. The van der Waals surface area contributed by atoms with Gasteiger partial charge in [-0.3, -0.25) is 9.69 Å². The highest BCUT2D eigenvalue weighted by Crippen LogP contribution is 2.33. The van der Waals surface area contributed by atoms with Gasteiger partial charge in [-0.1, -0.05) is 18.2 Å². The molecular weight excluding hydrogens is 310 g/mol. The summed E-state index contributed by atoms with van der Waals surface area (Å²) >= 11 is 1.31. The van der Waals surface area contributed by atoms with Crippen LogP contribution in [0.2, 0.25) is 0 Å². The van der Waals surface area contributed by atoms with Gasteiger partial charge in [-0.05, 0) is 54.6 Å². The number of hydrogen-bond donors (Lipinski definition) is 1. The molecule has 1 fully saturated rings. The second-order valence-corrected chi connectivity index (χ2v) is 5.85. The van der Waals surface area contributed by atoms with Crippen LogP contribution in [0, 0.1) is 0 Å². The molecule has 1 aromatic carbocycles. The highest BCUT2D eigenvalue weighted by atomic mass is 32.2. The van der Waals surface area contributed by atoms with Crippen LogP contribution in [0.3, 0.4) is 0 Å². The predicted octanol–water partition coefficient (Wildman–Crippen LogP) is 3.41. The summed E-state index contributed by atoms with van der Waals surface area (Å²) in [7, 11) is 0. The van der Waals surface area contributed by atoms with Crippen LogP contribution in [0.5, 0.6) is 5.75 Å². The van der Waals surface area contributed by atoms with E-state index >= 15 is 0 Å². The van der Waals surface area contributed by atoms with E-state index in [4.69, 9.17) is 0 Å². The van der Waals surface area contributed by atoms with Crippen LogP contribution in [0.4, 0.5) is 5.82 Å². The molecule has 0 bridgehead atoms. The third-order valence-corrected chi connectivity index (χ3v) is 4.24. The fourth-order valence-corrected chi connectivity index (χ4v) is 3.20. The van der Waals surface area contributed by atoms with Crippen molar-refractivity contribution < 1.29 is 9.90 Å². The summed E-state index contributed by atoms with van der Waals surface area (Å²) in [6, 6.07) is 12.3. The zero-order chi connectivity index (χ0) is 16.2. The predicted molar refractivity (Wildman–Crippen MR) is 92.4 cm³/mol. The Morgan fingerprint density at radius 3 is 2.87 bits per heavy atom. The molecule has 1 aliphatic heterocycles. The van der Waals surface area contributed by atoms with Crippen LogP contribution in [-0.2, 0) is 4.79 Å². The number of aliphatic imine (C=N–C) groups is 1. The number of amides is 1. The van der Waals surface area contributed by atoms with Gasteiger partial charge in [-0.25, -0.2) is 9.98 Å². The number of amidine groups is 1. The first kappa shape index (κ1) is 15.3. The average molecular weight is 325 g/mol. The van der Waals surface area contributed by atoms with Gasteiger partial charge in [-0.15, -0.1) is 0 Å². The molecular formula is C17H15N3O2S. The van der Waals surface area contributed by atoms with Crippen molar-refractivity contribution in [2.24, 2.45) is 4.99 Å². The minimum atomic E-state index is -0.0875. The molecule has 3 rings (SSSR count). The van der Waals surface area contributed by atoms with E-state index in [-0.39, 0.29) is 11.7 Å². The normalized spacial score (nSPS) is 18.1. The van der Waals surface area contributed by atoms with E-state index in [1.807, 2.05) is 25.1 Å². The summed E-state index contributed by atoms with van der Waals surface area (Å²) in [5, 5.41) is 10.1. The van der Waals surface area contributed by atoms with Gasteiger partial charge in [0, 0.05) is 12.7 Å². The Labute approximate surface area is 138 Å². The highest BCUT2D eigenvalue weighted by molar-refractivity contribution is 8.18. The average Bonchev–Trinajstić information content (AvgIpc) is 2.83. The molecule has 23 heavy (non-hydrogen) atoms. The minimum Gasteiger partial charge on any atom is -0.508 e. The Hall–Kier alpha value is -2.60. The lowest BCUT2D eigenvalue weighted by molar-refractivity contribution is -0.122. The third-order valence-electron chi connectivity index (χ3n) is 3.23. The van der Waals surface area contributed by atoms with Gasteiger partial charge in [0.15, 0.2) is 11.0 Å². The van der Waals surface area contributed by atoms with Gasteiger partial charge in [0.05, 0.1) is 4.91 Å². The number of pyridine rings is 1. The number of carbonyl (C=O) groups excluding carboxylic acids is 1. The molecule has 1 N–H and O–H groups in total. The first-order valence-corrected chi connectivity index (χ1v) is 7.99. The van der Waals surface area contributed by atoms with Gasteiger partial charge in [-0.2, -0.15) is 0 Å². The van der Waals surface area contributed by atoms with Gasteiger partial charge in [0.25, 0.3) is 5.91 Å². The maximum Gasteiger partial charge on any atom is 0.266 e. The summed E-state index contributed by atoms with van der Waals surface area (Å²) in [4.78, 5) is 23.3. The van der Waals surface area contributed by atoms with Crippen molar-refractivity contribution in [2.75, 3.05) is 6.54 Å². The Balaban J connectivity index is 1.93. The Morgan fingerprint density at radius 1 is 1.30 bits per heavy atom. The number of thioether (sulfide) groups is 1. The lowest BCUT2D eigenvalue weighted by Crippen LogP contribution is -2.28. The van der Waals surface area contributed by atoms with Crippen LogP contribution < -0.4 is 0 Å². The number of rotatable bonds is 3.